The molecule has 0 bridgehead atoms. The summed E-state index contributed by atoms with van der Waals surface area (Å²) < 4.78 is 4.86. The van der Waals surface area contributed by atoms with Crippen LogP contribution in [0.5, 0.6) is 0 Å². The number of rotatable bonds is 3. The minimum atomic E-state index is -0.736. The molecule has 0 saturated carbocycles. The summed E-state index contributed by atoms with van der Waals surface area (Å²) in [4.78, 5) is 15.2. The smallest absolute Gasteiger partial charge is 0.254 e. The van der Waals surface area contributed by atoms with Gasteiger partial charge >= 0.3 is 0 Å². The first-order valence-corrected chi connectivity index (χ1v) is 3.74. The molecule has 1 amide bonds. The van der Waals surface area contributed by atoms with Gasteiger partial charge in [0.2, 0.25) is 0 Å². The second-order valence-electron chi connectivity index (χ2n) is 2.97. The first kappa shape index (κ1) is 8.99. The molecule has 0 radical (unpaired) electrons. The maximum atomic E-state index is 11.3. The lowest BCUT2D eigenvalue weighted by Crippen LogP contribution is -2.39. The Hall–Kier alpha value is -1.10. The van der Waals surface area contributed by atoms with Gasteiger partial charge in [-0.1, -0.05) is 0 Å². The van der Waals surface area contributed by atoms with Crippen molar-refractivity contribution in [3.8, 4) is 0 Å². The molecule has 5 heteroatoms. The molecule has 0 aliphatic carbocycles. The second kappa shape index (κ2) is 3.10. The standard InChI is InChI=1S/C7H13N3O2/c1-7(3-4-12-2)5(11)9-6(8)10-7/h3-4H2,1-2H3,(H3,8,9,10,11). The van der Waals surface area contributed by atoms with Gasteiger partial charge in [0.05, 0.1) is 0 Å². The minimum Gasteiger partial charge on any atom is -0.385 e. The number of carbonyl (C=O) groups excluding carboxylic acids is 1. The van der Waals surface area contributed by atoms with Gasteiger partial charge in [-0.25, -0.2) is 4.99 Å². The third-order valence-electron chi connectivity index (χ3n) is 1.89. The summed E-state index contributed by atoms with van der Waals surface area (Å²) in [5.41, 5.74) is 4.61. The van der Waals surface area contributed by atoms with Crippen LogP contribution in [0.3, 0.4) is 0 Å². The number of nitrogens with two attached hydrogens (primary N) is 1. The molecule has 5 nitrogen and oxygen atoms in total. The van der Waals surface area contributed by atoms with Crippen LogP contribution in [0.15, 0.2) is 4.99 Å². The average molecular weight is 171 g/mol. The molecule has 1 unspecified atom stereocenters. The van der Waals surface area contributed by atoms with Crippen LogP contribution in [-0.4, -0.2) is 31.1 Å². The van der Waals surface area contributed by atoms with Crippen molar-refractivity contribution in [3.63, 3.8) is 0 Å². The van der Waals surface area contributed by atoms with Gasteiger partial charge in [0.15, 0.2) is 5.96 Å². The number of methoxy groups -OCH3 is 1. The molecule has 0 aromatic rings. The van der Waals surface area contributed by atoms with Gasteiger partial charge in [0.1, 0.15) is 5.54 Å². The first-order chi connectivity index (χ1) is 5.58. The van der Waals surface area contributed by atoms with Crippen molar-refractivity contribution in [1.82, 2.24) is 5.32 Å². The second-order valence-corrected chi connectivity index (χ2v) is 2.97. The molecule has 0 spiro atoms. The summed E-state index contributed by atoms with van der Waals surface area (Å²) in [5, 5.41) is 2.45. The highest BCUT2D eigenvalue weighted by Gasteiger charge is 2.37. The lowest BCUT2D eigenvalue weighted by Gasteiger charge is -2.15. The van der Waals surface area contributed by atoms with E-state index in [9.17, 15) is 4.79 Å². The van der Waals surface area contributed by atoms with E-state index in [4.69, 9.17) is 10.5 Å². The van der Waals surface area contributed by atoms with E-state index in [0.717, 1.165) is 0 Å². The normalized spacial score (nSPS) is 28.5. The Balaban J connectivity index is 2.63. The highest BCUT2D eigenvalue weighted by atomic mass is 16.5. The largest absolute Gasteiger partial charge is 0.385 e. The van der Waals surface area contributed by atoms with E-state index < -0.39 is 5.54 Å². The molecule has 1 heterocycles. The lowest BCUT2D eigenvalue weighted by molar-refractivity contribution is -0.123. The van der Waals surface area contributed by atoms with Gasteiger partial charge in [-0.15, -0.1) is 0 Å². The molecule has 0 aromatic heterocycles. The van der Waals surface area contributed by atoms with E-state index in [2.05, 4.69) is 10.3 Å². The summed E-state index contributed by atoms with van der Waals surface area (Å²) in [6.45, 7) is 2.24. The van der Waals surface area contributed by atoms with Crippen molar-refractivity contribution < 1.29 is 9.53 Å². The molecule has 1 aliphatic rings. The Morgan fingerprint density at radius 3 is 2.83 bits per heavy atom. The predicted octanol–water partition coefficient (Wildman–Crippen LogP) is -0.774. The third kappa shape index (κ3) is 1.55. The number of amides is 1. The fourth-order valence-corrected chi connectivity index (χ4v) is 1.07. The summed E-state index contributed by atoms with van der Waals surface area (Å²) in [6.07, 6.45) is 0.552. The van der Waals surface area contributed by atoms with Gasteiger partial charge in [-0.2, -0.15) is 0 Å². The predicted molar refractivity (Wildman–Crippen MR) is 44.7 cm³/mol. The van der Waals surface area contributed by atoms with Crippen molar-refractivity contribution in [2.75, 3.05) is 13.7 Å². The van der Waals surface area contributed by atoms with Crippen molar-refractivity contribution in [1.29, 1.82) is 0 Å². The van der Waals surface area contributed by atoms with Crippen LogP contribution in [0.2, 0.25) is 0 Å². The molecule has 1 rings (SSSR count). The first-order valence-electron chi connectivity index (χ1n) is 3.74. The number of nitrogens with one attached hydrogen (secondary N) is 1. The zero-order valence-electron chi connectivity index (χ0n) is 7.26. The fraction of sp³-hybridized carbons (Fsp3) is 0.714. The summed E-state index contributed by atoms with van der Waals surface area (Å²) in [5.74, 6) is 0.0376. The fourth-order valence-electron chi connectivity index (χ4n) is 1.07. The number of carbonyl (C=O) groups is 1. The zero-order chi connectivity index (χ0) is 9.19. The Kier molecular flexibility index (Phi) is 2.32. The van der Waals surface area contributed by atoms with Gasteiger partial charge in [-0.3, -0.25) is 10.1 Å². The maximum absolute atomic E-state index is 11.3. The van der Waals surface area contributed by atoms with E-state index in [0.29, 0.717) is 13.0 Å². The summed E-state index contributed by atoms with van der Waals surface area (Å²) >= 11 is 0. The number of ether oxygens (including phenoxy) is 1. The zero-order valence-corrected chi connectivity index (χ0v) is 7.26. The van der Waals surface area contributed by atoms with Gasteiger partial charge < -0.3 is 10.5 Å². The van der Waals surface area contributed by atoms with Gasteiger partial charge in [0, 0.05) is 20.1 Å². The van der Waals surface area contributed by atoms with Crippen LogP contribution >= 0.6 is 0 Å². The van der Waals surface area contributed by atoms with Crippen molar-refractivity contribution >= 4 is 11.9 Å². The molecule has 0 fully saturated rings. The van der Waals surface area contributed by atoms with Crippen LogP contribution in [0, 0.1) is 0 Å². The molecule has 12 heavy (non-hydrogen) atoms. The number of nitrogens with zero attached hydrogens (tertiary/aromatic N) is 1. The molecule has 3 N–H and O–H groups in total. The number of guanidine groups is 1. The highest BCUT2D eigenvalue weighted by molar-refractivity contribution is 6.06. The van der Waals surface area contributed by atoms with Crippen LogP contribution in [-0.2, 0) is 9.53 Å². The Morgan fingerprint density at radius 2 is 2.42 bits per heavy atom. The third-order valence-corrected chi connectivity index (χ3v) is 1.89. The van der Waals surface area contributed by atoms with Crippen molar-refractivity contribution in [3.05, 3.63) is 0 Å². The van der Waals surface area contributed by atoms with E-state index in [-0.39, 0.29) is 11.9 Å². The molecule has 0 saturated heterocycles. The minimum absolute atomic E-state index is 0.156. The van der Waals surface area contributed by atoms with Crippen LogP contribution < -0.4 is 11.1 Å². The van der Waals surface area contributed by atoms with E-state index >= 15 is 0 Å². The molecule has 0 aromatic carbocycles. The summed E-state index contributed by atoms with van der Waals surface area (Å²) in [6, 6.07) is 0. The van der Waals surface area contributed by atoms with Crippen molar-refractivity contribution in [2.24, 2.45) is 10.7 Å². The van der Waals surface area contributed by atoms with Crippen LogP contribution in [0.1, 0.15) is 13.3 Å². The molecular weight excluding hydrogens is 158 g/mol. The Bertz CT molecular complexity index is 227. The van der Waals surface area contributed by atoms with E-state index in [1.54, 1.807) is 14.0 Å². The average Bonchev–Trinajstić information content (AvgIpc) is 2.23. The molecule has 1 aliphatic heterocycles. The topological polar surface area (TPSA) is 76.7 Å². The van der Waals surface area contributed by atoms with Gasteiger partial charge in [0.25, 0.3) is 5.91 Å². The number of hydrogen-bond donors (Lipinski definition) is 2. The molecule has 68 valence electrons. The molecular formula is C7H13N3O2. The Morgan fingerprint density at radius 1 is 1.75 bits per heavy atom. The number of hydrogen-bond acceptors (Lipinski definition) is 4. The SMILES string of the molecule is COCCC1(C)N=C(N)NC1=O. The van der Waals surface area contributed by atoms with Crippen LogP contribution in [0.4, 0.5) is 0 Å². The lowest BCUT2D eigenvalue weighted by atomic mass is 9.99. The monoisotopic (exact) mass is 171 g/mol. The quantitative estimate of drug-likeness (QED) is 0.585. The molecule has 1 atom stereocenters. The van der Waals surface area contributed by atoms with Crippen molar-refractivity contribution in [2.45, 2.75) is 18.9 Å². The van der Waals surface area contributed by atoms with Crippen LogP contribution in [0.25, 0.3) is 0 Å². The Labute approximate surface area is 71.0 Å². The van der Waals surface area contributed by atoms with E-state index in [1.165, 1.54) is 0 Å². The van der Waals surface area contributed by atoms with Gasteiger partial charge in [-0.05, 0) is 6.92 Å². The highest BCUT2D eigenvalue weighted by Crippen LogP contribution is 2.18. The van der Waals surface area contributed by atoms with E-state index in [1.807, 2.05) is 0 Å². The maximum Gasteiger partial charge on any atom is 0.254 e. The number of aliphatic imine (C=N–C) groups is 1. The summed E-state index contributed by atoms with van der Waals surface area (Å²) in [7, 11) is 1.59.